The van der Waals surface area contributed by atoms with Gasteiger partial charge in [0.25, 0.3) is 0 Å². The number of hydrogen-bond acceptors (Lipinski definition) is 4. The van der Waals surface area contributed by atoms with Crippen molar-refractivity contribution >= 4 is 11.9 Å². The summed E-state index contributed by atoms with van der Waals surface area (Å²) >= 11 is 0. The number of ether oxygens (including phenoxy) is 2. The molecular formula is C7H8O4. The minimum absolute atomic E-state index is 0.158. The van der Waals surface area contributed by atoms with Gasteiger partial charge in [-0.15, -0.1) is 0 Å². The summed E-state index contributed by atoms with van der Waals surface area (Å²) in [6, 6.07) is 0. The molecule has 2 heterocycles. The van der Waals surface area contributed by atoms with Gasteiger partial charge >= 0.3 is 11.9 Å². The fraction of sp³-hybridized carbons (Fsp3) is 0.714. The van der Waals surface area contributed by atoms with Gasteiger partial charge in [-0.3, -0.25) is 9.59 Å². The molecule has 2 fully saturated rings. The number of carbonyl (C=O) groups excluding carboxylic acids is 2. The molecule has 0 aliphatic carbocycles. The average molecular weight is 156 g/mol. The lowest BCUT2D eigenvalue weighted by atomic mass is 10.0. The molecule has 2 aliphatic heterocycles. The largest absolute Gasteiger partial charge is 0.458 e. The van der Waals surface area contributed by atoms with Gasteiger partial charge in [-0.25, -0.2) is 0 Å². The molecule has 2 rings (SSSR count). The van der Waals surface area contributed by atoms with Crippen LogP contribution in [0.25, 0.3) is 0 Å². The summed E-state index contributed by atoms with van der Waals surface area (Å²) in [6.07, 6.45) is 1.22. The Bertz CT molecular complexity index is 202. The minimum Gasteiger partial charge on any atom is -0.458 e. The van der Waals surface area contributed by atoms with E-state index in [1.807, 2.05) is 0 Å². The Balaban J connectivity index is 1.88. The molecular weight excluding hydrogens is 148 g/mol. The SMILES string of the molecule is O=C1CCC(C2CC(=O)O2)O1. The second-order valence-electron chi connectivity index (χ2n) is 2.80. The van der Waals surface area contributed by atoms with Crippen molar-refractivity contribution in [3.63, 3.8) is 0 Å². The molecule has 2 atom stereocenters. The smallest absolute Gasteiger partial charge is 0.310 e. The molecule has 2 aliphatic rings. The van der Waals surface area contributed by atoms with Crippen molar-refractivity contribution < 1.29 is 19.1 Å². The van der Waals surface area contributed by atoms with Crippen molar-refractivity contribution in [2.45, 2.75) is 31.5 Å². The second kappa shape index (κ2) is 2.22. The van der Waals surface area contributed by atoms with Crippen LogP contribution < -0.4 is 0 Å². The molecule has 0 spiro atoms. The van der Waals surface area contributed by atoms with Crippen molar-refractivity contribution in [1.82, 2.24) is 0 Å². The van der Waals surface area contributed by atoms with E-state index in [9.17, 15) is 9.59 Å². The Hall–Kier alpha value is -1.06. The average Bonchev–Trinajstić information content (AvgIpc) is 2.29. The van der Waals surface area contributed by atoms with Crippen molar-refractivity contribution in [3.05, 3.63) is 0 Å². The summed E-state index contributed by atoms with van der Waals surface area (Å²) in [5.41, 5.74) is 0. The highest BCUT2D eigenvalue weighted by molar-refractivity contribution is 5.76. The Kier molecular flexibility index (Phi) is 1.34. The van der Waals surface area contributed by atoms with Crippen LogP contribution in [-0.2, 0) is 19.1 Å². The number of esters is 2. The van der Waals surface area contributed by atoms with Gasteiger partial charge in [0, 0.05) is 6.42 Å². The topological polar surface area (TPSA) is 52.6 Å². The lowest BCUT2D eigenvalue weighted by Crippen LogP contribution is -2.42. The van der Waals surface area contributed by atoms with Gasteiger partial charge in [-0.05, 0) is 6.42 Å². The summed E-state index contributed by atoms with van der Waals surface area (Å²) in [7, 11) is 0. The zero-order valence-electron chi connectivity index (χ0n) is 5.91. The number of rotatable bonds is 1. The number of carbonyl (C=O) groups is 2. The van der Waals surface area contributed by atoms with Gasteiger partial charge in [0.05, 0.1) is 6.42 Å². The molecule has 0 aromatic carbocycles. The quantitative estimate of drug-likeness (QED) is 0.502. The molecule has 0 bridgehead atoms. The lowest BCUT2D eigenvalue weighted by Gasteiger charge is -2.29. The minimum atomic E-state index is -0.196. The highest BCUT2D eigenvalue weighted by Gasteiger charge is 2.40. The monoisotopic (exact) mass is 156 g/mol. The van der Waals surface area contributed by atoms with E-state index in [2.05, 4.69) is 0 Å². The fourth-order valence-electron chi connectivity index (χ4n) is 1.34. The maximum Gasteiger partial charge on any atom is 0.310 e. The molecule has 0 radical (unpaired) electrons. The molecule has 0 saturated carbocycles. The molecule has 2 saturated heterocycles. The zero-order chi connectivity index (χ0) is 7.84. The first kappa shape index (κ1) is 6.64. The molecule has 60 valence electrons. The molecule has 0 aromatic heterocycles. The van der Waals surface area contributed by atoms with Gasteiger partial charge in [0.15, 0.2) is 0 Å². The first-order chi connectivity index (χ1) is 5.25. The van der Waals surface area contributed by atoms with Crippen LogP contribution in [0.4, 0.5) is 0 Å². The predicted octanol–water partition coefficient (Wildman–Crippen LogP) is 0.00750. The highest BCUT2D eigenvalue weighted by atomic mass is 16.6. The lowest BCUT2D eigenvalue weighted by molar-refractivity contribution is -0.183. The van der Waals surface area contributed by atoms with E-state index in [0.717, 1.165) is 0 Å². The third-order valence-corrected chi connectivity index (χ3v) is 1.98. The van der Waals surface area contributed by atoms with Crippen molar-refractivity contribution in [3.8, 4) is 0 Å². The number of hydrogen-bond donors (Lipinski definition) is 0. The first-order valence-corrected chi connectivity index (χ1v) is 3.64. The first-order valence-electron chi connectivity index (χ1n) is 3.64. The Morgan fingerprint density at radius 2 is 1.82 bits per heavy atom. The van der Waals surface area contributed by atoms with Gasteiger partial charge < -0.3 is 9.47 Å². The summed E-state index contributed by atoms with van der Waals surface area (Å²) in [5, 5.41) is 0. The van der Waals surface area contributed by atoms with Crippen LogP contribution >= 0.6 is 0 Å². The van der Waals surface area contributed by atoms with Crippen LogP contribution in [0.1, 0.15) is 19.3 Å². The van der Waals surface area contributed by atoms with Gasteiger partial charge in [0.1, 0.15) is 12.2 Å². The molecule has 2 unspecified atom stereocenters. The molecule has 0 amide bonds. The van der Waals surface area contributed by atoms with E-state index in [1.165, 1.54) is 0 Å². The van der Waals surface area contributed by atoms with Crippen LogP contribution in [0.15, 0.2) is 0 Å². The van der Waals surface area contributed by atoms with Gasteiger partial charge in [-0.2, -0.15) is 0 Å². The standard InChI is InChI=1S/C7H8O4/c8-6-2-1-4(10-6)5-3-7(9)11-5/h4-5H,1-3H2. The third kappa shape index (κ3) is 1.08. The van der Waals surface area contributed by atoms with Crippen molar-refractivity contribution in [1.29, 1.82) is 0 Å². The van der Waals surface area contributed by atoms with Crippen LogP contribution in [0, 0.1) is 0 Å². The zero-order valence-corrected chi connectivity index (χ0v) is 5.91. The molecule has 11 heavy (non-hydrogen) atoms. The van der Waals surface area contributed by atoms with Crippen LogP contribution in [0.3, 0.4) is 0 Å². The summed E-state index contributed by atoms with van der Waals surface area (Å²) < 4.78 is 9.65. The van der Waals surface area contributed by atoms with E-state index in [4.69, 9.17) is 9.47 Å². The fourth-order valence-corrected chi connectivity index (χ4v) is 1.34. The summed E-state index contributed by atoms with van der Waals surface area (Å²) in [4.78, 5) is 21.0. The normalized spacial score (nSPS) is 36.0. The highest BCUT2D eigenvalue weighted by Crippen LogP contribution is 2.26. The van der Waals surface area contributed by atoms with Crippen molar-refractivity contribution in [2.75, 3.05) is 0 Å². The maximum atomic E-state index is 10.6. The molecule has 0 N–H and O–H groups in total. The second-order valence-corrected chi connectivity index (χ2v) is 2.80. The summed E-state index contributed by atoms with van der Waals surface area (Å²) in [5.74, 6) is -0.379. The van der Waals surface area contributed by atoms with E-state index in [-0.39, 0.29) is 24.1 Å². The van der Waals surface area contributed by atoms with E-state index in [0.29, 0.717) is 19.3 Å². The van der Waals surface area contributed by atoms with E-state index < -0.39 is 0 Å². The van der Waals surface area contributed by atoms with Crippen LogP contribution in [0.5, 0.6) is 0 Å². The predicted molar refractivity (Wildman–Crippen MR) is 33.6 cm³/mol. The third-order valence-electron chi connectivity index (χ3n) is 1.98. The van der Waals surface area contributed by atoms with Crippen LogP contribution in [0.2, 0.25) is 0 Å². The van der Waals surface area contributed by atoms with Crippen molar-refractivity contribution in [2.24, 2.45) is 0 Å². The Labute approximate surface area is 63.5 Å². The van der Waals surface area contributed by atoms with E-state index in [1.54, 1.807) is 0 Å². The van der Waals surface area contributed by atoms with Crippen LogP contribution in [-0.4, -0.2) is 24.1 Å². The Morgan fingerprint density at radius 3 is 2.27 bits per heavy atom. The Morgan fingerprint density at radius 1 is 1.09 bits per heavy atom. The number of cyclic esters (lactones) is 2. The molecule has 4 heteroatoms. The maximum absolute atomic E-state index is 10.6. The molecule has 4 nitrogen and oxygen atoms in total. The molecule has 0 aromatic rings. The van der Waals surface area contributed by atoms with Gasteiger partial charge in [0.2, 0.25) is 0 Å². The van der Waals surface area contributed by atoms with Gasteiger partial charge in [-0.1, -0.05) is 0 Å². The van der Waals surface area contributed by atoms with E-state index >= 15 is 0 Å². The summed E-state index contributed by atoms with van der Waals surface area (Å²) in [6.45, 7) is 0.